The molecule has 1 aliphatic heterocycles. The molecule has 3 heterocycles. The number of benzene rings is 1. The van der Waals surface area contributed by atoms with Gasteiger partial charge in [0.15, 0.2) is 0 Å². The topological polar surface area (TPSA) is 54.0 Å². The first-order valence-corrected chi connectivity index (χ1v) is 8.58. The van der Waals surface area contributed by atoms with E-state index in [0.717, 1.165) is 29.5 Å². The van der Waals surface area contributed by atoms with Crippen molar-refractivity contribution in [2.24, 2.45) is 5.92 Å². The molecule has 3 aromatic rings. The lowest BCUT2D eigenvalue weighted by molar-refractivity contribution is -0.119. The summed E-state index contributed by atoms with van der Waals surface area (Å²) in [6.45, 7) is 1.58. The average Bonchev–Trinajstić information content (AvgIpc) is 3.26. The van der Waals surface area contributed by atoms with Crippen LogP contribution in [0.25, 0.3) is 10.8 Å². The SMILES string of the molecule is O=C(Nc1cccc2cnccc12)[C@@H]1CNC[C@H]1c1cccs1.S.S. The predicted octanol–water partition coefficient (Wildman–Crippen LogP) is 3.46. The van der Waals surface area contributed by atoms with E-state index in [2.05, 4.69) is 27.1 Å². The normalized spacial score (nSPS) is 19.0. The summed E-state index contributed by atoms with van der Waals surface area (Å²) >= 11 is 1.72. The molecule has 7 heteroatoms. The summed E-state index contributed by atoms with van der Waals surface area (Å²) in [6.07, 6.45) is 3.57. The van der Waals surface area contributed by atoms with Gasteiger partial charge in [-0.2, -0.15) is 27.0 Å². The molecule has 4 nitrogen and oxygen atoms in total. The second-order valence-corrected chi connectivity index (χ2v) is 6.76. The van der Waals surface area contributed by atoms with Crippen LogP contribution in [0, 0.1) is 5.92 Å². The van der Waals surface area contributed by atoms with Crippen LogP contribution in [0.5, 0.6) is 0 Å². The Kier molecular flexibility index (Phi) is 6.89. The van der Waals surface area contributed by atoms with Crippen LogP contribution in [0.4, 0.5) is 5.69 Å². The van der Waals surface area contributed by atoms with Crippen LogP contribution in [0.3, 0.4) is 0 Å². The lowest BCUT2D eigenvalue weighted by Crippen LogP contribution is -2.27. The summed E-state index contributed by atoms with van der Waals surface area (Å²) in [7, 11) is 0. The van der Waals surface area contributed by atoms with Gasteiger partial charge in [0.1, 0.15) is 0 Å². The Morgan fingerprint density at radius 2 is 2.04 bits per heavy atom. The summed E-state index contributed by atoms with van der Waals surface area (Å²) < 4.78 is 0. The number of amides is 1. The molecule has 25 heavy (non-hydrogen) atoms. The van der Waals surface area contributed by atoms with E-state index < -0.39 is 0 Å². The molecule has 132 valence electrons. The molecule has 1 aromatic carbocycles. The fraction of sp³-hybridized carbons (Fsp3) is 0.222. The van der Waals surface area contributed by atoms with Gasteiger partial charge in [0.05, 0.1) is 5.92 Å². The summed E-state index contributed by atoms with van der Waals surface area (Å²) in [5.41, 5.74) is 0.853. The van der Waals surface area contributed by atoms with E-state index in [-0.39, 0.29) is 44.7 Å². The average molecular weight is 392 g/mol. The molecule has 1 amide bonds. The number of nitrogens with one attached hydrogen (secondary N) is 2. The third-order valence-electron chi connectivity index (χ3n) is 4.40. The van der Waals surface area contributed by atoms with Crippen molar-refractivity contribution in [3.05, 3.63) is 59.0 Å². The molecule has 1 aliphatic rings. The van der Waals surface area contributed by atoms with Crippen molar-refractivity contribution < 1.29 is 4.79 Å². The highest BCUT2D eigenvalue weighted by Gasteiger charge is 2.34. The zero-order chi connectivity index (χ0) is 15.6. The van der Waals surface area contributed by atoms with Crippen molar-refractivity contribution in [2.45, 2.75) is 5.92 Å². The number of anilines is 1. The van der Waals surface area contributed by atoms with Gasteiger partial charge in [-0.15, -0.1) is 11.3 Å². The van der Waals surface area contributed by atoms with Gasteiger partial charge in [-0.25, -0.2) is 0 Å². The fourth-order valence-corrected chi connectivity index (χ4v) is 4.11. The summed E-state index contributed by atoms with van der Waals surface area (Å²) in [6, 6.07) is 12.0. The number of hydrogen-bond donors (Lipinski definition) is 2. The van der Waals surface area contributed by atoms with Gasteiger partial charge in [0.2, 0.25) is 5.91 Å². The monoisotopic (exact) mass is 391 g/mol. The third-order valence-corrected chi connectivity index (χ3v) is 5.40. The van der Waals surface area contributed by atoms with Gasteiger partial charge in [-0.1, -0.05) is 18.2 Å². The van der Waals surface area contributed by atoms with Gasteiger partial charge >= 0.3 is 0 Å². The summed E-state index contributed by atoms with van der Waals surface area (Å²) in [4.78, 5) is 18.2. The van der Waals surface area contributed by atoms with Crippen molar-refractivity contribution in [3.8, 4) is 0 Å². The minimum Gasteiger partial charge on any atom is -0.325 e. The summed E-state index contributed by atoms with van der Waals surface area (Å²) in [5, 5.41) is 10.6. The Hall–Kier alpha value is -1.54. The number of pyridine rings is 1. The highest BCUT2D eigenvalue weighted by atomic mass is 32.1. The maximum atomic E-state index is 12.8. The van der Waals surface area contributed by atoms with Gasteiger partial charge < -0.3 is 10.6 Å². The van der Waals surface area contributed by atoms with Crippen LogP contribution < -0.4 is 10.6 Å². The van der Waals surface area contributed by atoms with Gasteiger partial charge in [0.25, 0.3) is 0 Å². The number of aromatic nitrogens is 1. The Balaban J connectivity index is 0.00000113. The largest absolute Gasteiger partial charge is 0.325 e. The number of carbonyl (C=O) groups is 1. The number of thiophene rings is 1. The lowest BCUT2D eigenvalue weighted by Gasteiger charge is -2.17. The molecule has 1 saturated heterocycles. The number of carbonyl (C=O) groups excluding carboxylic acids is 1. The highest BCUT2D eigenvalue weighted by molar-refractivity contribution is 7.59. The molecule has 0 unspecified atom stereocenters. The number of hydrogen-bond acceptors (Lipinski definition) is 4. The van der Waals surface area contributed by atoms with Crippen molar-refractivity contribution in [1.82, 2.24) is 10.3 Å². The zero-order valence-electron chi connectivity index (χ0n) is 13.5. The van der Waals surface area contributed by atoms with E-state index in [9.17, 15) is 4.79 Å². The smallest absolute Gasteiger partial charge is 0.229 e. The lowest BCUT2D eigenvalue weighted by atomic mass is 9.93. The second kappa shape index (κ2) is 8.71. The molecule has 0 radical (unpaired) electrons. The highest BCUT2D eigenvalue weighted by Crippen LogP contribution is 2.32. The number of fused-ring (bicyclic) bond motifs is 1. The molecule has 2 atom stereocenters. The van der Waals surface area contributed by atoms with Crippen molar-refractivity contribution in [1.29, 1.82) is 0 Å². The Labute approximate surface area is 164 Å². The molecule has 2 aromatic heterocycles. The minimum absolute atomic E-state index is 0. The maximum Gasteiger partial charge on any atom is 0.229 e. The van der Waals surface area contributed by atoms with E-state index in [1.807, 2.05) is 36.5 Å². The van der Waals surface area contributed by atoms with E-state index in [1.165, 1.54) is 4.88 Å². The van der Waals surface area contributed by atoms with Gasteiger partial charge in [0, 0.05) is 52.7 Å². The quantitative estimate of drug-likeness (QED) is 0.719. The van der Waals surface area contributed by atoms with Crippen LogP contribution in [-0.2, 0) is 4.79 Å². The molecule has 0 bridgehead atoms. The van der Waals surface area contributed by atoms with Crippen LogP contribution >= 0.6 is 38.3 Å². The van der Waals surface area contributed by atoms with E-state index in [4.69, 9.17) is 0 Å². The zero-order valence-corrected chi connectivity index (χ0v) is 16.3. The standard InChI is InChI=1S/C18H17N3OS.2H2S/c22-18(15-11-20-10-14(15)17-5-2-8-23-17)21-16-4-1-3-12-9-19-7-6-13(12)16;;/h1-9,14-15,20H,10-11H2,(H,21,22);2*1H2/t14-,15-;;/m1../s1. The first-order valence-electron chi connectivity index (χ1n) is 7.70. The van der Waals surface area contributed by atoms with Crippen LogP contribution in [0.1, 0.15) is 10.8 Å². The van der Waals surface area contributed by atoms with E-state index >= 15 is 0 Å². The van der Waals surface area contributed by atoms with Crippen LogP contribution in [-0.4, -0.2) is 24.0 Å². The molecular formula is C18H21N3OS3. The molecule has 0 spiro atoms. The van der Waals surface area contributed by atoms with Gasteiger partial charge in [-0.05, 0) is 23.6 Å². The Morgan fingerprint density at radius 1 is 1.16 bits per heavy atom. The Morgan fingerprint density at radius 3 is 2.84 bits per heavy atom. The van der Waals surface area contributed by atoms with Gasteiger partial charge in [-0.3, -0.25) is 9.78 Å². The molecular weight excluding hydrogens is 370 g/mol. The molecule has 4 rings (SSSR count). The molecule has 0 saturated carbocycles. The predicted molar refractivity (Wildman–Crippen MR) is 115 cm³/mol. The van der Waals surface area contributed by atoms with E-state index in [1.54, 1.807) is 17.5 Å². The first kappa shape index (κ1) is 19.8. The van der Waals surface area contributed by atoms with Crippen LogP contribution in [0.15, 0.2) is 54.2 Å². The maximum absolute atomic E-state index is 12.8. The first-order chi connectivity index (χ1) is 11.3. The molecule has 2 N–H and O–H groups in total. The minimum atomic E-state index is -0.0363. The number of rotatable bonds is 3. The molecule has 1 fully saturated rings. The third kappa shape index (κ3) is 4.00. The van der Waals surface area contributed by atoms with Crippen molar-refractivity contribution >= 4 is 60.7 Å². The second-order valence-electron chi connectivity index (χ2n) is 5.78. The fourth-order valence-electron chi connectivity index (χ4n) is 3.21. The van der Waals surface area contributed by atoms with Crippen molar-refractivity contribution in [2.75, 3.05) is 18.4 Å². The Bertz CT molecular complexity index is 833. The van der Waals surface area contributed by atoms with Crippen LogP contribution in [0.2, 0.25) is 0 Å². The van der Waals surface area contributed by atoms with Crippen molar-refractivity contribution in [3.63, 3.8) is 0 Å². The van der Waals surface area contributed by atoms with E-state index in [0.29, 0.717) is 0 Å². The number of nitrogens with zero attached hydrogens (tertiary/aromatic N) is 1. The summed E-state index contributed by atoms with van der Waals surface area (Å²) in [5.74, 6) is 0.301. The molecule has 0 aliphatic carbocycles.